The van der Waals surface area contributed by atoms with E-state index >= 15 is 0 Å². The maximum absolute atomic E-state index is 5.24. The normalized spacial score (nSPS) is 11.2. The molecule has 16 heavy (non-hydrogen) atoms. The first-order valence-electron chi connectivity index (χ1n) is 5.33. The van der Waals surface area contributed by atoms with Crippen LogP contribution in [0, 0.1) is 10.7 Å². The van der Waals surface area contributed by atoms with Gasteiger partial charge in [-0.1, -0.05) is 19.9 Å². The minimum atomic E-state index is 0.575. The van der Waals surface area contributed by atoms with Crippen LogP contribution in [-0.4, -0.2) is 14.8 Å². The van der Waals surface area contributed by atoms with E-state index in [1.165, 1.54) is 4.88 Å². The summed E-state index contributed by atoms with van der Waals surface area (Å²) in [6, 6.07) is 4.19. The summed E-state index contributed by atoms with van der Waals surface area (Å²) in [6.07, 6.45) is 0.859. The number of aromatic nitrogens is 3. The Morgan fingerprint density at radius 2 is 2.38 bits per heavy atom. The summed E-state index contributed by atoms with van der Waals surface area (Å²) in [4.78, 5) is 1.32. The van der Waals surface area contributed by atoms with Gasteiger partial charge in [0.1, 0.15) is 5.82 Å². The van der Waals surface area contributed by atoms with E-state index in [4.69, 9.17) is 12.2 Å². The Morgan fingerprint density at radius 3 is 3.00 bits per heavy atom. The van der Waals surface area contributed by atoms with Crippen LogP contribution in [0.3, 0.4) is 0 Å². The summed E-state index contributed by atoms with van der Waals surface area (Å²) in [5.41, 5.74) is 0. The summed E-state index contributed by atoms with van der Waals surface area (Å²) in [5, 5.41) is 9.26. The fourth-order valence-electron chi connectivity index (χ4n) is 1.61. The molecule has 86 valence electrons. The van der Waals surface area contributed by atoms with Crippen LogP contribution in [-0.2, 0) is 13.0 Å². The highest BCUT2D eigenvalue weighted by Crippen LogP contribution is 2.14. The first kappa shape index (κ1) is 11.5. The summed E-state index contributed by atoms with van der Waals surface area (Å²) in [7, 11) is 0. The van der Waals surface area contributed by atoms with Gasteiger partial charge < -0.3 is 4.57 Å². The third kappa shape index (κ3) is 2.59. The molecule has 0 amide bonds. The van der Waals surface area contributed by atoms with Crippen molar-refractivity contribution in [2.24, 2.45) is 5.92 Å². The van der Waals surface area contributed by atoms with Crippen LogP contribution in [0.25, 0.3) is 0 Å². The predicted octanol–water partition coefficient (Wildman–Crippen LogP) is 3.25. The van der Waals surface area contributed by atoms with Gasteiger partial charge in [-0.2, -0.15) is 5.10 Å². The van der Waals surface area contributed by atoms with Crippen LogP contribution >= 0.6 is 23.6 Å². The maximum atomic E-state index is 5.24. The molecule has 2 aromatic heterocycles. The fourth-order valence-corrected chi connectivity index (χ4v) is 2.53. The highest BCUT2D eigenvalue weighted by molar-refractivity contribution is 7.71. The highest BCUT2D eigenvalue weighted by atomic mass is 32.1. The van der Waals surface area contributed by atoms with E-state index in [-0.39, 0.29) is 0 Å². The van der Waals surface area contributed by atoms with Gasteiger partial charge in [-0.25, -0.2) is 0 Å². The van der Waals surface area contributed by atoms with Crippen LogP contribution < -0.4 is 0 Å². The lowest BCUT2D eigenvalue weighted by atomic mass is 10.2. The highest BCUT2D eigenvalue weighted by Gasteiger charge is 2.08. The quantitative estimate of drug-likeness (QED) is 0.849. The van der Waals surface area contributed by atoms with Crippen molar-refractivity contribution in [3.8, 4) is 0 Å². The number of rotatable bonds is 4. The van der Waals surface area contributed by atoms with Crippen molar-refractivity contribution in [2.45, 2.75) is 26.8 Å². The first-order valence-corrected chi connectivity index (χ1v) is 6.62. The molecule has 2 rings (SSSR count). The Kier molecular flexibility index (Phi) is 3.56. The second-order valence-corrected chi connectivity index (χ2v) is 5.62. The molecule has 2 heterocycles. The number of H-pyrrole nitrogens is 1. The summed E-state index contributed by atoms with van der Waals surface area (Å²) >= 11 is 6.99. The Labute approximate surface area is 104 Å². The average molecular weight is 253 g/mol. The van der Waals surface area contributed by atoms with Gasteiger partial charge in [-0.3, -0.25) is 5.10 Å². The molecular formula is C11H15N3S2. The van der Waals surface area contributed by atoms with Gasteiger partial charge in [0, 0.05) is 17.8 Å². The third-order valence-corrected chi connectivity index (χ3v) is 3.49. The van der Waals surface area contributed by atoms with Crippen molar-refractivity contribution in [1.29, 1.82) is 0 Å². The lowest BCUT2D eigenvalue weighted by Gasteiger charge is -2.08. The molecule has 3 nitrogen and oxygen atoms in total. The predicted molar refractivity (Wildman–Crippen MR) is 69.4 cm³/mol. The second-order valence-electron chi connectivity index (χ2n) is 4.21. The number of hydrogen-bond donors (Lipinski definition) is 1. The number of thiophene rings is 1. The minimum absolute atomic E-state index is 0.575. The van der Waals surface area contributed by atoms with Crippen LogP contribution in [0.1, 0.15) is 24.5 Å². The SMILES string of the molecule is CC(C)Cn1c(Cc2cccs2)n[nH]c1=S. The van der Waals surface area contributed by atoms with Gasteiger partial charge in [-0.15, -0.1) is 11.3 Å². The van der Waals surface area contributed by atoms with Gasteiger partial charge >= 0.3 is 0 Å². The van der Waals surface area contributed by atoms with E-state index in [2.05, 4.69) is 46.1 Å². The smallest absolute Gasteiger partial charge is 0.195 e. The molecule has 0 spiro atoms. The van der Waals surface area contributed by atoms with Gasteiger partial charge in [0.2, 0.25) is 0 Å². The Balaban J connectivity index is 2.24. The van der Waals surface area contributed by atoms with Crippen molar-refractivity contribution in [2.75, 3.05) is 0 Å². The molecule has 5 heteroatoms. The molecule has 0 aliphatic heterocycles. The van der Waals surface area contributed by atoms with Crippen molar-refractivity contribution in [3.05, 3.63) is 33.0 Å². The summed E-state index contributed by atoms with van der Waals surface area (Å²) in [5.74, 6) is 1.60. The van der Waals surface area contributed by atoms with E-state index in [1.807, 2.05) is 0 Å². The summed E-state index contributed by atoms with van der Waals surface area (Å²) < 4.78 is 2.82. The molecule has 2 aromatic rings. The molecule has 0 unspecified atom stereocenters. The molecule has 0 aromatic carbocycles. The van der Waals surface area contributed by atoms with Crippen molar-refractivity contribution < 1.29 is 0 Å². The molecule has 1 N–H and O–H groups in total. The van der Waals surface area contributed by atoms with Crippen LogP contribution in [0.5, 0.6) is 0 Å². The fraction of sp³-hybridized carbons (Fsp3) is 0.455. The van der Waals surface area contributed by atoms with E-state index in [1.54, 1.807) is 11.3 Å². The van der Waals surface area contributed by atoms with Crippen molar-refractivity contribution in [3.63, 3.8) is 0 Å². The third-order valence-electron chi connectivity index (χ3n) is 2.30. The van der Waals surface area contributed by atoms with E-state index in [0.717, 1.165) is 23.6 Å². The first-order chi connectivity index (χ1) is 7.66. The molecule has 0 radical (unpaired) electrons. The van der Waals surface area contributed by atoms with Gasteiger partial charge in [0.15, 0.2) is 4.77 Å². The van der Waals surface area contributed by atoms with Gasteiger partial charge in [-0.05, 0) is 29.6 Å². The second kappa shape index (κ2) is 4.93. The number of hydrogen-bond acceptors (Lipinski definition) is 3. The molecule has 0 aliphatic rings. The zero-order chi connectivity index (χ0) is 11.5. The van der Waals surface area contributed by atoms with Crippen molar-refractivity contribution >= 4 is 23.6 Å². The Bertz CT molecular complexity index is 494. The molecular weight excluding hydrogens is 238 g/mol. The standard InChI is InChI=1S/C11H15N3S2/c1-8(2)7-14-10(12-13-11(14)15)6-9-4-3-5-16-9/h3-5,8H,6-7H2,1-2H3,(H,13,15). The molecule has 0 saturated carbocycles. The van der Waals surface area contributed by atoms with E-state index in [0.29, 0.717) is 5.92 Å². The van der Waals surface area contributed by atoms with Crippen LogP contribution in [0.15, 0.2) is 17.5 Å². The molecule has 0 atom stereocenters. The Hall–Kier alpha value is -0.940. The molecule has 0 saturated heterocycles. The zero-order valence-corrected chi connectivity index (χ0v) is 11.1. The average Bonchev–Trinajstić information content (AvgIpc) is 2.82. The summed E-state index contributed by atoms with van der Waals surface area (Å²) in [6.45, 7) is 5.30. The van der Waals surface area contributed by atoms with Crippen LogP contribution in [0.4, 0.5) is 0 Å². The topological polar surface area (TPSA) is 33.6 Å². The Morgan fingerprint density at radius 1 is 1.56 bits per heavy atom. The number of nitrogens with zero attached hydrogens (tertiary/aromatic N) is 2. The van der Waals surface area contributed by atoms with E-state index < -0.39 is 0 Å². The lowest BCUT2D eigenvalue weighted by Crippen LogP contribution is -2.09. The van der Waals surface area contributed by atoms with Crippen LogP contribution in [0.2, 0.25) is 0 Å². The largest absolute Gasteiger partial charge is 0.304 e. The molecule has 0 bridgehead atoms. The lowest BCUT2D eigenvalue weighted by molar-refractivity contribution is 0.506. The van der Waals surface area contributed by atoms with E-state index in [9.17, 15) is 0 Å². The maximum Gasteiger partial charge on any atom is 0.195 e. The number of nitrogens with one attached hydrogen (secondary N) is 1. The number of aromatic amines is 1. The molecule has 0 fully saturated rings. The van der Waals surface area contributed by atoms with Gasteiger partial charge in [0.25, 0.3) is 0 Å². The minimum Gasteiger partial charge on any atom is -0.304 e. The molecule has 0 aliphatic carbocycles. The monoisotopic (exact) mass is 253 g/mol. The van der Waals surface area contributed by atoms with Gasteiger partial charge in [0.05, 0.1) is 0 Å². The van der Waals surface area contributed by atoms with Crippen molar-refractivity contribution in [1.82, 2.24) is 14.8 Å². The zero-order valence-electron chi connectivity index (χ0n) is 9.43.